The Morgan fingerprint density at radius 1 is 1.36 bits per heavy atom. The zero-order valence-electron chi connectivity index (χ0n) is 16.4. The second-order valence-electron chi connectivity index (χ2n) is 8.11. The predicted molar refractivity (Wildman–Crippen MR) is 99.1 cm³/mol. The minimum absolute atomic E-state index is 0.155. The van der Waals surface area contributed by atoms with Crippen LogP contribution in [0.15, 0.2) is 35.5 Å². The molecule has 2 N–H and O–H groups in total. The maximum absolute atomic E-state index is 13.1. The Hall–Kier alpha value is -2.41. The molecule has 0 radical (unpaired) electrons. The number of ether oxygens (including phenoxy) is 2. The number of aliphatic hydroxyl groups is 1. The van der Waals surface area contributed by atoms with Crippen molar-refractivity contribution in [3.8, 4) is 0 Å². The first-order chi connectivity index (χ1) is 13.1. The topological polar surface area (TPSA) is 110 Å². The number of aliphatic carboxylic acids is 1. The van der Waals surface area contributed by atoms with Crippen molar-refractivity contribution < 1.29 is 34.1 Å². The summed E-state index contributed by atoms with van der Waals surface area (Å²) in [6, 6.07) is 0. The average Bonchev–Trinajstić information content (AvgIpc) is 2.77. The van der Waals surface area contributed by atoms with Crippen LogP contribution in [0.25, 0.3) is 0 Å². The molecule has 3 aliphatic rings. The molecule has 152 valence electrons. The maximum Gasteiger partial charge on any atom is 0.333 e. The third-order valence-electron chi connectivity index (χ3n) is 6.69. The van der Waals surface area contributed by atoms with Crippen LogP contribution in [0.4, 0.5) is 0 Å². The van der Waals surface area contributed by atoms with Gasteiger partial charge in [-0.2, -0.15) is 0 Å². The number of carboxylic acid groups (broad SMARTS) is 1. The van der Waals surface area contributed by atoms with E-state index in [1.54, 1.807) is 25.2 Å². The third-order valence-corrected chi connectivity index (χ3v) is 6.69. The van der Waals surface area contributed by atoms with Crippen molar-refractivity contribution in [3.05, 3.63) is 35.5 Å². The zero-order valence-corrected chi connectivity index (χ0v) is 16.4. The van der Waals surface area contributed by atoms with Crippen molar-refractivity contribution in [2.45, 2.75) is 57.2 Å². The van der Waals surface area contributed by atoms with E-state index >= 15 is 0 Å². The van der Waals surface area contributed by atoms with Crippen molar-refractivity contribution in [1.82, 2.24) is 0 Å². The predicted octanol–water partition coefficient (Wildman–Crippen LogP) is 2.30. The number of carbonyl (C=O) groups is 3. The Morgan fingerprint density at radius 2 is 2.07 bits per heavy atom. The minimum atomic E-state index is -1.31. The number of carbonyl (C=O) groups excluding carboxylic acids is 2. The van der Waals surface area contributed by atoms with Crippen LogP contribution < -0.4 is 0 Å². The highest BCUT2D eigenvalue weighted by molar-refractivity contribution is 5.89. The fourth-order valence-electron chi connectivity index (χ4n) is 5.01. The van der Waals surface area contributed by atoms with Gasteiger partial charge in [0.15, 0.2) is 0 Å². The number of allylic oxidation sites excluding steroid dienone is 3. The van der Waals surface area contributed by atoms with Crippen LogP contribution in [0, 0.1) is 11.3 Å². The molecule has 7 heteroatoms. The summed E-state index contributed by atoms with van der Waals surface area (Å²) in [5.74, 6) is -2.30. The van der Waals surface area contributed by atoms with Gasteiger partial charge in [-0.25, -0.2) is 9.59 Å². The number of methoxy groups -OCH3 is 1. The number of rotatable bonds is 4. The van der Waals surface area contributed by atoms with Crippen LogP contribution in [0.1, 0.15) is 46.0 Å². The van der Waals surface area contributed by atoms with Gasteiger partial charge in [-0.15, -0.1) is 0 Å². The second kappa shape index (κ2) is 6.88. The summed E-state index contributed by atoms with van der Waals surface area (Å²) in [4.78, 5) is 36.0. The summed E-state index contributed by atoms with van der Waals surface area (Å²) in [6.45, 7) is 3.21. The smallest absolute Gasteiger partial charge is 0.333 e. The van der Waals surface area contributed by atoms with Gasteiger partial charge in [0.2, 0.25) is 0 Å². The molecule has 1 saturated carbocycles. The Labute approximate surface area is 163 Å². The minimum Gasteiger partial charge on any atom is -0.478 e. The summed E-state index contributed by atoms with van der Waals surface area (Å²) < 4.78 is 10.6. The van der Waals surface area contributed by atoms with E-state index in [-0.39, 0.29) is 24.3 Å². The SMILES string of the molecule is COC(=O)C1=CC[C@@]23CC[C@@H]([C@](C)(/C=C/C=C(\C)C(=O)O)OC2=O)[C@@]3(O)CC1. The normalized spacial score (nSPS) is 37.7. The lowest BCUT2D eigenvalue weighted by Gasteiger charge is -2.52. The second-order valence-corrected chi connectivity index (χ2v) is 8.11. The first-order valence-electron chi connectivity index (χ1n) is 9.42. The van der Waals surface area contributed by atoms with Crippen molar-refractivity contribution >= 4 is 17.9 Å². The molecule has 2 bridgehead atoms. The molecule has 1 heterocycles. The highest BCUT2D eigenvalue weighted by atomic mass is 16.6. The molecule has 1 aliphatic heterocycles. The summed E-state index contributed by atoms with van der Waals surface area (Å²) >= 11 is 0. The number of hydrogen-bond acceptors (Lipinski definition) is 6. The number of esters is 2. The fraction of sp³-hybridized carbons (Fsp3) is 0.571. The van der Waals surface area contributed by atoms with E-state index in [4.69, 9.17) is 14.6 Å². The molecule has 0 unspecified atom stereocenters. The number of cyclic esters (lactones) is 1. The first kappa shape index (κ1) is 20.3. The van der Waals surface area contributed by atoms with E-state index in [1.165, 1.54) is 20.1 Å². The standard InChI is InChI=1S/C21H26O7/c1-13(16(22)23)5-4-9-19(2)15-8-11-20(18(25)28-19)10-6-14(17(24)27-3)7-12-21(15,20)26/h4-6,9,15,26H,7-8,10-12H2,1-3H3,(H,22,23)/b9-4+,13-5+/t15-,19-,20+,21-/m0/s1. The van der Waals surface area contributed by atoms with E-state index in [1.807, 2.05) is 0 Å². The lowest BCUT2D eigenvalue weighted by molar-refractivity contribution is -0.224. The summed E-state index contributed by atoms with van der Waals surface area (Å²) in [6.07, 6.45) is 8.25. The summed E-state index contributed by atoms with van der Waals surface area (Å²) in [5.41, 5.74) is -2.80. The van der Waals surface area contributed by atoms with Gasteiger partial charge >= 0.3 is 17.9 Å². The van der Waals surface area contributed by atoms with Gasteiger partial charge in [0.05, 0.1) is 12.7 Å². The molecule has 0 aromatic carbocycles. The Bertz CT molecular complexity index is 808. The van der Waals surface area contributed by atoms with Crippen molar-refractivity contribution in [2.24, 2.45) is 11.3 Å². The van der Waals surface area contributed by atoms with Crippen LogP contribution in [0.5, 0.6) is 0 Å². The van der Waals surface area contributed by atoms with Gasteiger partial charge in [-0.05, 0) is 52.0 Å². The number of carboxylic acids is 1. The van der Waals surface area contributed by atoms with Crippen molar-refractivity contribution in [3.63, 3.8) is 0 Å². The van der Waals surface area contributed by atoms with Gasteiger partial charge in [0.25, 0.3) is 0 Å². The molecule has 0 amide bonds. The molecule has 1 saturated heterocycles. The van der Waals surface area contributed by atoms with Crippen molar-refractivity contribution in [2.75, 3.05) is 7.11 Å². The van der Waals surface area contributed by atoms with Gasteiger partial charge in [0, 0.05) is 17.1 Å². The molecule has 3 rings (SSSR count). The Kier molecular flexibility index (Phi) is 5.00. The molecule has 28 heavy (non-hydrogen) atoms. The number of hydrogen-bond donors (Lipinski definition) is 2. The van der Waals surface area contributed by atoms with E-state index in [0.717, 1.165) is 0 Å². The summed E-state index contributed by atoms with van der Waals surface area (Å²) in [5, 5.41) is 20.7. The van der Waals surface area contributed by atoms with Gasteiger partial charge < -0.3 is 19.7 Å². The third kappa shape index (κ3) is 2.89. The molecular weight excluding hydrogens is 364 g/mol. The van der Waals surface area contributed by atoms with Gasteiger partial charge in [-0.1, -0.05) is 18.2 Å². The van der Waals surface area contributed by atoms with Gasteiger partial charge in [-0.3, -0.25) is 4.79 Å². The monoisotopic (exact) mass is 390 g/mol. The zero-order chi connectivity index (χ0) is 20.7. The maximum atomic E-state index is 13.1. The Balaban J connectivity index is 1.95. The molecule has 4 atom stereocenters. The van der Waals surface area contributed by atoms with E-state index in [2.05, 4.69) is 0 Å². The largest absolute Gasteiger partial charge is 0.478 e. The van der Waals surface area contributed by atoms with Crippen molar-refractivity contribution in [1.29, 1.82) is 0 Å². The lowest BCUT2D eigenvalue weighted by atomic mass is 9.62. The van der Waals surface area contributed by atoms with Crippen LogP contribution in [-0.2, 0) is 23.9 Å². The highest BCUT2D eigenvalue weighted by Crippen LogP contribution is 2.63. The highest BCUT2D eigenvalue weighted by Gasteiger charge is 2.71. The molecule has 2 aliphatic carbocycles. The molecule has 0 aromatic heterocycles. The summed E-state index contributed by atoms with van der Waals surface area (Å²) in [7, 11) is 1.31. The van der Waals surface area contributed by atoms with Crippen LogP contribution in [-0.4, -0.2) is 46.4 Å². The van der Waals surface area contributed by atoms with Crippen LogP contribution >= 0.6 is 0 Å². The van der Waals surface area contributed by atoms with Crippen LogP contribution in [0.2, 0.25) is 0 Å². The fourth-order valence-corrected chi connectivity index (χ4v) is 5.01. The van der Waals surface area contributed by atoms with Crippen LogP contribution in [0.3, 0.4) is 0 Å². The Morgan fingerprint density at radius 3 is 2.71 bits per heavy atom. The quantitative estimate of drug-likeness (QED) is 0.430. The molecule has 7 nitrogen and oxygen atoms in total. The first-order valence-corrected chi connectivity index (χ1v) is 9.42. The van der Waals surface area contributed by atoms with E-state index in [0.29, 0.717) is 24.8 Å². The molecule has 0 aromatic rings. The van der Waals surface area contributed by atoms with Gasteiger partial charge in [0.1, 0.15) is 11.0 Å². The van der Waals surface area contributed by atoms with E-state index < -0.39 is 34.5 Å². The lowest BCUT2D eigenvalue weighted by Crippen LogP contribution is -2.63. The average molecular weight is 390 g/mol. The molecule has 0 spiro atoms. The molecule has 2 fully saturated rings. The molecular formula is C21H26O7. The van der Waals surface area contributed by atoms with E-state index in [9.17, 15) is 19.5 Å².